The van der Waals surface area contributed by atoms with Crippen molar-refractivity contribution in [1.29, 1.82) is 0 Å². The van der Waals surface area contributed by atoms with Crippen molar-refractivity contribution in [1.82, 2.24) is 10.3 Å². The molecule has 26 heavy (non-hydrogen) atoms. The number of amides is 1. The van der Waals surface area contributed by atoms with Gasteiger partial charge in [-0.25, -0.2) is 4.98 Å². The number of carbonyl (C=O) groups is 1. The fourth-order valence-corrected chi connectivity index (χ4v) is 3.51. The lowest BCUT2D eigenvalue weighted by Crippen LogP contribution is -2.32. The third-order valence-corrected chi connectivity index (χ3v) is 4.87. The number of ether oxygens (including phenoxy) is 1. The molecule has 2 N–H and O–H groups in total. The number of benzene rings is 2. The van der Waals surface area contributed by atoms with Gasteiger partial charge in [-0.2, -0.15) is 0 Å². The summed E-state index contributed by atoms with van der Waals surface area (Å²) in [5, 5.41) is 15.1. The number of aliphatic hydroxyl groups excluding tert-OH is 1. The molecule has 0 spiro atoms. The smallest absolute Gasteiger partial charge is 0.226 e. The van der Waals surface area contributed by atoms with Gasteiger partial charge in [0.1, 0.15) is 10.8 Å². The summed E-state index contributed by atoms with van der Waals surface area (Å²) in [5.41, 5.74) is 2.47. The quantitative estimate of drug-likeness (QED) is 0.672. The molecule has 0 aliphatic rings. The fourth-order valence-electron chi connectivity index (χ4n) is 2.66. The molecule has 0 saturated heterocycles. The zero-order valence-corrected chi connectivity index (χ0v) is 15.2. The average Bonchev–Trinajstić information content (AvgIpc) is 3.15. The average molecular weight is 368 g/mol. The summed E-state index contributed by atoms with van der Waals surface area (Å²) in [4.78, 5) is 16.9. The van der Waals surface area contributed by atoms with E-state index in [-0.39, 0.29) is 18.9 Å². The molecule has 2 aromatic carbocycles. The SMILES string of the molecule is COc1ccccc1-c1nc(CC(=O)NC(CO)c2ccccc2)cs1. The second-order valence-corrected chi connectivity index (χ2v) is 6.59. The molecule has 3 rings (SSSR count). The molecule has 0 saturated carbocycles. The van der Waals surface area contributed by atoms with E-state index >= 15 is 0 Å². The van der Waals surface area contributed by atoms with Crippen molar-refractivity contribution >= 4 is 17.2 Å². The van der Waals surface area contributed by atoms with Crippen molar-refractivity contribution in [2.75, 3.05) is 13.7 Å². The summed E-state index contributed by atoms with van der Waals surface area (Å²) in [7, 11) is 1.62. The maximum Gasteiger partial charge on any atom is 0.226 e. The van der Waals surface area contributed by atoms with Gasteiger partial charge in [-0.15, -0.1) is 11.3 Å². The Morgan fingerprint density at radius 1 is 1.19 bits per heavy atom. The van der Waals surface area contributed by atoms with Gasteiger partial charge >= 0.3 is 0 Å². The summed E-state index contributed by atoms with van der Waals surface area (Å²) in [6.07, 6.45) is 0.162. The van der Waals surface area contributed by atoms with E-state index in [1.165, 1.54) is 11.3 Å². The highest BCUT2D eigenvalue weighted by Gasteiger charge is 2.16. The Morgan fingerprint density at radius 2 is 1.92 bits per heavy atom. The van der Waals surface area contributed by atoms with E-state index in [1.807, 2.05) is 60.0 Å². The summed E-state index contributed by atoms with van der Waals surface area (Å²) in [6, 6.07) is 16.7. The molecule has 0 radical (unpaired) electrons. The Labute approximate surface area is 156 Å². The maximum absolute atomic E-state index is 12.3. The van der Waals surface area contributed by atoms with Gasteiger partial charge in [-0.3, -0.25) is 4.79 Å². The number of hydrogen-bond acceptors (Lipinski definition) is 5. The molecule has 0 aliphatic heterocycles. The van der Waals surface area contributed by atoms with Crippen LogP contribution in [-0.2, 0) is 11.2 Å². The Hall–Kier alpha value is -2.70. The number of methoxy groups -OCH3 is 1. The molecule has 6 heteroatoms. The minimum absolute atomic E-state index is 0.153. The predicted octanol–water partition coefficient (Wildman–Crippen LogP) is 3.21. The monoisotopic (exact) mass is 368 g/mol. The van der Waals surface area contributed by atoms with Crippen LogP contribution in [0.25, 0.3) is 10.6 Å². The van der Waals surface area contributed by atoms with Crippen LogP contribution in [0.3, 0.4) is 0 Å². The normalized spacial score (nSPS) is 11.8. The molecule has 0 bridgehead atoms. The predicted molar refractivity (Wildman–Crippen MR) is 102 cm³/mol. The third-order valence-electron chi connectivity index (χ3n) is 3.95. The maximum atomic E-state index is 12.3. The molecule has 1 aromatic heterocycles. The molecule has 0 fully saturated rings. The number of para-hydroxylation sites is 1. The molecular weight excluding hydrogens is 348 g/mol. The Morgan fingerprint density at radius 3 is 2.65 bits per heavy atom. The van der Waals surface area contributed by atoms with Crippen LogP contribution in [-0.4, -0.2) is 29.7 Å². The number of aromatic nitrogens is 1. The molecule has 1 atom stereocenters. The molecule has 1 amide bonds. The minimum atomic E-state index is -0.420. The zero-order chi connectivity index (χ0) is 18.4. The summed E-state index contributed by atoms with van der Waals surface area (Å²) >= 11 is 1.47. The highest BCUT2D eigenvalue weighted by molar-refractivity contribution is 7.13. The number of rotatable bonds is 7. The number of carbonyl (C=O) groups excluding carboxylic acids is 1. The molecule has 5 nitrogen and oxygen atoms in total. The Kier molecular flexibility index (Phi) is 5.99. The number of aliphatic hydroxyl groups is 1. The van der Waals surface area contributed by atoms with Crippen LogP contribution < -0.4 is 10.1 Å². The number of hydrogen-bond donors (Lipinski definition) is 2. The molecule has 1 heterocycles. The first kappa shape index (κ1) is 18.1. The van der Waals surface area contributed by atoms with Crippen LogP contribution in [0.2, 0.25) is 0 Å². The number of nitrogens with one attached hydrogen (secondary N) is 1. The van der Waals surface area contributed by atoms with Gasteiger partial charge in [-0.1, -0.05) is 42.5 Å². The van der Waals surface area contributed by atoms with Crippen LogP contribution in [0, 0.1) is 0 Å². The van der Waals surface area contributed by atoms with Gasteiger partial charge in [0, 0.05) is 5.38 Å². The first-order chi connectivity index (χ1) is 12.7. The van der Waals surface area contributed by atoms with E-state index in [9.17, 15) is 9.90 Å². The second-order valence-electron chi connectivity index (χ2n) is 5.73. The van der Waals surface area contributed by atoms with Crippen molar-refractivity contribution in [2.24, 2.45) is 0 Å². The van der Waals surface area contributed by atoms with E-state index < -0.39 is 6.04 Å². The van der Waals surface area contributed by atoms with Crippen molar-refractivity contribution < 1.29 is 14.6 Å². The lowest BCUT2D eigenvalue weighted by Gasteiger charge is -2.16. The van der Waals surface area contributed by atoms with Gasteiger partial charge in [-0.05, 0) is 17.7 Å². The van der Waals surface area contributed by atoms with Crippen molar-refractivity contribution in [3.63, 3.8) is 0 Å². The summed E-state index contributed by atoms with van der Waals surface area (Å²) in [5.74, 6) is 0.576. The number of nitrogens with zero attached hydrogens (tertiary/aromatic N) is 1. The van der Waals surface area contributed by atoms with Gasteiger partial charge < -0.3 is 15.2 Å². The topological polar surface area (TPSA) is 71.5 Å². The van der Waals surface area contributed by atoms with Crippen LogP contribution >= 0.6 is 11.3 Å². The van der Waals surface area contributed by atoms with E-state index in [0.29, 0.717) is 5.69 Å². The van der Waals surface area contributed by atoms with E-state index in [1.54, 1.807) is 7.11 Å². The fraction of sp³-hybridized carbons (Fsp3) is 0.200. The highest BCUT2D eigenvalue weighted by atomic mass is 32.1. The third kappa shape index (κ3) is 4.28. The van der Waals surface area contributed by atoms with Crippen LogP contribution in [0.4, 0.5) is 0 Å². The molecule has 0 aliphatic carbocycles. The largest absolute Gasteiger partial charge is 0.496 e. The number of thiazole rings is 1. The molecular formula is C20H20N2O3S. The van der Waals surface area contributed by atoms with E-state index in [0.717, 1.165) is 21.9 Å². The van der Waals surface area contributed by atoms with Crippen molar-refractivity contribution in [2.45, 2.75) is 12.5 Å². The van der Waals surface area contributed by atoms with Crippen LogP contribution in [0.15, 0.2) is 60.0 Å². The Balaban J connectivity index is 1.68. The van der Waals surface area contributed by atoms with E-state index in [4.69, 9.17) is 4.74 Å². The van der Waals surface area contributed by atoms with Gasteiger partial charge in [0.25, 0.3) is 0 Å². The van der Waals surface area contributed by atoms with Gasteiger partial charge in [0.05, 0.1) is 37.4 Å². The van der Waals surface area contributed by atoms with Gasteiger partial charge in [0.2, 0.25) is 5.91 Å². The summed E-state index contributed by atoms with van der Waals surface area (Å²) in [6.45, 7) is -0.153. The molecule has 3 aromatic rings. The van der Waals surface area contributed by atoms with Crippen molar-refractivity contribution in [3.8, 4) is 16.3 Å². The molecule has 1 unspecified atom stereocenters. The standard InChI is InChI=1S/C20H20N2O3S/c1-25-18-10-6-5-9-16(18)20-21-15(13-26-20)11-19(24)22-17(12-23)14-7-3-2-4-8-14/h2-10,13,17,23H,11-12H2,1H3,(H,22,24). The Bertz CT molecular complexity index is 864. The van der Waals surface area contributed by atoms with E-state index in [2.05, 4.69) is 10.3 Å². The highest BCUT2D eigenvalue weighted by Crippen LogP contribution is 2.31. The minimum Gasteiger partial charge on any atom is -0.496 e. The summed E-state index contributed by atoms with van der Waals surface area (Å²) < 4.78 is 5.37. The lowest BCUT2D eigenvalue weighted by atomic mass is 10.1. The van der Waals surface area contributed by atoms with Crippen LogP contribution in [0.5, 0.6) is 5.75 Å². The van der Waals surface area contributed by atoms with Gasteiger partial charge in [0.15, 0.2) is 0 Å². The lowest BCUT2D eigenvalue weighted by molar-refractivity contribution is -0.121. The first-order valence-corrected chi connectivity index (χ1v) is 9.12. The first-order valence-electron chi connectivity index (χ1n) is 8.24. The van der Waals surface area contributed by atoms with Crippen LogP contribution in [0.1, 0.15) is 17.3 Å². The zero-order valence-electron chi connectivity index (χ0n) is 14.4. The second kappa shape index (κ2) is 8.60. The molecule has 134 valence electrons. The van der Waals surface area contributed by atoms with Crippen molar-refractivity contribution in [3.05, 3.63) is 71.2 Å².